The van der Waals surface area contributed by atoms with Crippen molar-refractivity contribution < 1.29 is 4.42 Å². The SMILES string of the molecule is Cc1ccc(N(C)Cc2cc(CNC(C)C)co2)cc1. The number of nitrogens with zero attached hydrogens (tertiary/aromatic N) is 1. The Hall–Kier alpha value is -1.74. The summed E-state index contributed by atoms with van der Waals surface area (Å²) in [5, 5.41) is 3.39. The zero-order valence-electron chi connectivity index (χ0n) is 12.8. The lowest BCUT2D eigenvalue weighted by atomic mass is 10.2. The zero-order chi connectivity index (χ0) is 14.5. The summed E-state index contributed by atoms with van der Waals surface area (Å²) >= 11 is 0. The molecule has 0 saturated heterocycles. The predicted molar refractivity (Wildman–Crippen MR) is 84.0 cm³/mol. The Labute approximate surface area is 121 Å². The van der Waals surface area contributed by atoms with Crippen LogP contribution in [0.25, 0.3) is 0 Å². The first kappa shape index (κ1) is 14.7. The van der Waals surface area contributed by atoms with Crippen LogP contribution in [0.15, 0.2) is 41.0 Å². The van der Waals surface area contributed by atoms with Gasteiger partial charge in [-0.1, -0.05) is 31.5 Å². The van der Waals surface area contributed by atoms with Gasteiger partial charge < -0.3 is 14.6 Å². The monoisotopic (exact) mass is 272 g/mol. The molecule has 0 aliphatic carbocycles. The van der Waals surface area contributed by atoms with E-state index in [1.807, 2.05) is 6.26 Å². The number of benzene rings is 1. The standard InChI is InChI=1S/C17H24N2O/c1-13(2)18-10-15-9-17(20-12-15)11-19(4)16-7-5-14(3)6-8-16/h5-9,12-13,18H,10-11H2,1-4H3. The van der Waals surface area contributed by atoms with Crippen molar-refractivity contribution in [2.24, 2.45) is 0 Å². The highest BCUT2D eigenvalue weighted by molar-refractivity contribution is 5.46. The maximum Gasteiger partial charge on any atom is 0.123 e. The minimum absolute atomic E-state index is 0.489. The van der Waals surface area contributed by atoms with Crippen molar-refractivity contribution in [1.29, 1.82) is 0 Å². The Morgan fingerprint density at radius 3 is 2.55 bits per heavy atom. The van der Waals surface area contributed by atoms with Gasteiger partial charge in [-0.25, -0.2) is 0 Å². The first-order chi connectivity index (χ1) is 9.54. The molecule has 0 aliphatic rings. The van der Waals surface area contributed by atoms with Gasteiger partial charge in [-0.3, -0.25) is 0 Å². The molecule has 3 nitrogen and oxygen atoms in total. The van der Waals surface area contributed by atoms with Crippen LogP contribution in [0.3, 0.4) is 0 Å². The van der Waals surface area contributed by atoms with Crippen LogP contribution in [0.1, 0.15) is 30.7 Å². The smallest absolute Gasteiger partial charge is 0.123 e. The zero-order valence-corrected chi connectivity index (χ0v) is 12.8. The van der Waals surface area contributed by atoms with E-state index in [2.05, 4.69) is 68.4 Å². The molecule has 1 aromatic carbocycles. The van der Waals surface area contributed by atoms with E-state index in [1.54, 1.807) is 0 Å². The Kier molecular flexibility index (Phi) is 4.85. The number of hydrogen-bond acceptors (Lipinski definition) is 3. The molecule has 0 saturated carbocycles. The highest BCUT2D eigenvalue weighted by Crippen LogP contribution is 2.17. The van der Waals surface area contributed by atoms with E-state index in [4.69, 9.17) is 4.42 Å². The van der Waals surface area contributed by atoms with Crippen molar-refractivity contribution in [2.75, 3.05) is 11.9 Å². The minimum atomic E-state index is 0.489. The highest BCUT2D eigenvalue weighted by Gasteiger charge is 2.06. The number of nitrogens with one attached hydrogen (secondary N) is 1. The molecule has 108 valence electrons. The van der Waals surface area contributed by atoms with E-state index in [0.29, 0.717) is 6.04 Å². The fourth-order valence-electron chi connectivity index (χ4n) is 2.05. The highest BCUT2D eigenvalue weighted by atomic mass is 16.3. The van der Waals surface area contributed by atoms with Crippen LogP contribution >= 0.6 is 0 Å². The van der Waals surface area contributed by atoms with Gasteiger partial charge in [-0.2, -0.15) is 0 Å². The second kappa shape index (κ2) is 6.62. The molecule has 2 aromatic rings. The molecule has 0 aliphatic heterocycles. The molecule has 1 aromatic heterocycles. The number of aryl methyl sites for hydroxylation is 1. The van der Waals surface area contributed by atoms with E-state index >= 15 is 0 Å². The first-order valence-corrected chi connectivity index (χ1v) is 7.12. The molecule has 0 spiro atoms. The van der Waals surface area contributed by atoms with Crippen molar-refractivity contribution >= 4 is 5.69 Å². The number of anilines is 1. The summed E-state index contributed by atoms with van der Waals surface area (Å²) in [5.41, 5.74) is 3.68. The lowest BCUT2D eigenvalue weighted by Gasteiger charge is -2.17. The molecular formula is C17H24N2O. The second-order valence-electron chi connectivity index (χ2n) is 5.65. The van der Waals surface area contributed by atoms with Crippen LogP contribution in [0.5, 0.6) is 0 Å². The molecule has 0 fully saturated rings. The summed E-state index contributed by atoms with van der Waals surface area (Å²) in [6.45, 7) is 8.03. The quantitative estimate of drug-likeness (QED) is 0.868. The molecule has 0 atom stereocenters. The molecule has 0 amide bonds. The molecule has 2 rings (SSSR count). The van der Waals surface area contributed by atoms with E-state index in [9.17, 15) is 0 Å². The minimum Gasteiger partial charge on any atom is -0.467 e. The third-order valence-electron chi connectivity index (χ3n) is 3.29. The summed E-state index contributed by atoms with van der Waals surface area (Å²) < 4.78 is 5.63. The fourth-order valence-corrected chi connectivity index (χ4v) is 2.05. The van der Waals surface area contributed by atoms with Crippen LogP contribution in [-0.2, 0) is 13.1 Å². The number of furan rings is 1. The lowest BCUT2D eigenvalue weighted by molar-refractivity contribution is 0.503. The largest absolute Gasteiger partial charge is 0.467 e. The van der Waals surface area contributed by atoms with Gasteiger partial charge in [-0.15, -0.1) is 0 Å². The van der Waals surface area contributed by atoms with Crippen molar-refractivity contribution in [2.45, 2.75) is 39.9 Å². The van der Waals surface area contributed by atoms with Gasteiger partial charge in [0.25, 0.3) is 0 Å². The summed E-state index contributed by atoms with van der Waals surface area (Å²) in [4.78, 5) is 2.19. The Morgan fingerprint density at radius 1 is 1.20 bits per heavy atom. The Bertz CT molecular complexity index is 528. The van der Waals surface area contributed by atoms with Crippen molar-refractivity contribution in [1.82, 2.24) is 5.32 Å². The van der Waals surface area contributed by atoms with Crippen molar-refractivity contribution in [3.8, 4) is 0 Å². The Morgan fingerprint density at radius 2 is 1.90 bits per heavy atom. The van der Waals surface area contributed by atoms with Gasteiger partial charge in [0.05, 0.1) is 12.8 Å². The van der Waals surface area contributed by atoms with Crippen molar-refractivity contribution in [3.63, 3.8) is 0 Å². The van der Waals surface area contributed by atoms with Crippen LogP contribution in [0.4, 0.5) is 5.69 Å². The molecule has 3 heteroatoms. The lowest BCUT2D eigenvalue weighted by Crippen LogP contribution is -2.21. The number of hydrogen-bond donors (Lipinski definition) is 1. The van der Waals surface area contributed by atoms with Crippen LogP contribution in [0.2, 0.25) is 0 Å². The molecule has 0 unspecified atom stereocenters. The Balaban J connectivity index is 1.94. The van der Waals surface area contributed by atoms with E-state index < -0.39 is 0 Å². The number of rotatable bonds is 6. The maximum atomic E-state index is 5.63. The van der Waals surface area contributed by atoms with Gasteiger partial charge in [0.1, 0.15) is 5.76 Å². The second-order valence-corrected chi connectivity index (χ2v) is 5.65. The van der Waals surface area contributed by atoms with E-state index in [1.165, 1.54) is 16.8 Å². The average molecular weight is 272 g/mol. The van der Waals surface area contributed by atoms with Gasteiger partial charge in [0, 0.05) is 30.9 Å². The molecule has 20 heavy (non-hydrogen) atoms. The maximum absolute atomic E-state index is 5.63. The van der Waals surface area contributed by atoms with E-state index in [0.717, 1.165) is 18.8 Å². The van der Waals surface area contributed by atoms with E-state index in [-0.39, 0.29) is 0 Å². The van der Waals surface area contributed by atoms with Crippen LogP contribution < -0.4 is 10.2 Å². The molecule has 1 N–H and O–H groups in total. The topological polar surface area (TPSA) is 28.4 Å². The summed E-state index contributed by atoms with van der Waals surface area (Å²) in [6, 6.07) is 11.2. The summed E-state index contributed by atoms with van der Waals surface area (Å²) in [7, 11) is 2.08. The predicted octanol–water partition coefficient (Wildman–Crippen LogP) is 3.72. The third-order valence-corrected chi connectivity index (χ3v) is 3.29. The van der Waals surface area contributed by atoms with Gasteiger partial charge in [0.15, 0.2) is 0 Å². The van der Waals surface area contributed by atoms with Crippen molar-refractivity contribution in [3.05, 3.63) is 53.5 Å². The van der Waals surface area contributed by atoms with Crippen LogP contribution in [0, 0.1) is 6.92 Å². The molecule has 0 bridgehead atoms. The normalized spacial score (nSPS) is 11.1. The van der Waals surface area contributed by atoms with Gasteiger partial charge in [-0.05, 0) is 25.1 Å². The van der Waals surface area contributed by atoms with Crippen LogP contribution in [-0.4, -0.2) is 13.1 Å². The molecule has 1 heterocycles. The molecular weight excluding hydrogens is 248 g/mol. The first-order valence-electron chi connectivity index (χ1n) is 7.12. The fraction of sp³-hybridized carbons (Fsp3) is 0.412. The van der Waals surface area contributed by atoms with Gasteiger partial charge >= 0.3 is 0 Å². The summed E-state index contributed by atoms with van der Waals surface area (Å²) in [6.07, 6.45) is 1.84. The molecule has 0 radical (unpaired) electrons. The third kappa shape index (κ3) is 4.14. The van der Waals surface area contributed by atoms with Gasteiger partial charge in [0.2, 0.25) is 0 Å². The summed E-state index contributed by atoms with van der Waals surface area (Å²) in [5.74, 6) is 0.994. The average Bonchev–Trinajstić information content (AvgIpc) is 2.84.